The third-order valence-electron chi connectivity index (χ3n) is 1.45. The van der Waals surface area contributed by atoms with Crippen LogP contribution >= 0.6 is 0 Å². The Kier molecular flexibility index (Phi) is 3.39. The van der Waals surface area contributed by atoms with Gasteiger partial charge in [-0.2, -0.15) is 0 Å². The summed E-state index contributed by atoms with van der Waals surface area (Å²) in [6, 6.07) is 0. The van der Waals surface area contributed by atoms with E-state index in [0.717, 1.165) is 5.70 Å². The maximum absolute atomic E-state index is 5.70. The van der Waals surface area contributed by atoms with Gasteiger partial charge in [0.15, 0.2) is 0 Å². The van der Waals surface area contributed by atoms with E-state index in [-0.39, 0.29) is 6.17 Å². The Balaban J connectivity index is 3.94. The zero-order valence-electron chi connectivity index (χ0n) is 6.96. The molecule has 0 spiro atoms. The molecule has 0 unspecified atom stereocenters. The number of nitrogens with zero attached hydrogens (tertiary/aromatic N) is 1. The second-order valence-electron chi connectivity index (χ2n) is 2.88. The van der Waals surface area contributed by atoms with E-state index in [1.807, 2.05) is 20.8 Å². The van der Waals surface area contributed by atoms with Gasteiger partial charge in [0.2, 0.25) is 0 Å². The van der Waals surface area contributed by atoms with Crippen LogP contribution in [0.15, 0.2) is 12.3 Å². The minimum atomic E-state index is -0.127. The molecule has 0 aromatic heterocycles. The zero-order valence-corrected chi connectivity index (χ0v) is 6.96. The Morgan fingerprint density at radius 3 is 2.00 bits per heavy atom. The Hall–Kier alpha value is -0.540. The number of hydrogen-bond donors (Lipinski definition) is 2. The van der Waals surface area contributed by atoms with Crippen molar-refractivity contribution in [3.63, 3.8) is 0 Å². The Bertz CT molecular complexity index is 120. The van der Waals surface area contributed by atoms with Crippen molar-refractivity contribution in [2.45, 2.75) is 26.9 Å². The molecule has 0 saturated heterocycles. The van der Waals surface area contributed by atoms with Crippen LogP contribution in [0.2, 0.25) is 0 Å². The number of nitrogens with two attached hydrogens (primary N) is 2. The zero-order chi connectivity index (χ0) is 8.31. The normalized spacial score (nSPS) is 13.4. The van der Waals surface area contributed by atoms with Gasteiger partial charge in [-0.15, -0.1) is 0 Å². The van der Waals surface area contributed by atoms with Gasteiger partial charge in [-0.05, 0) is 12.8 Å². The molecule has 60 valence electrons. The maximum Gasteiger partial charge on any atom is 0.0940 e. The standard InChI is InChI=1S/C7H17N3/c1-5(2)7(8)10(9)6(3)4/h5,7H,3,8-9H2,1-2,4H3/t7-/m1/s1. The van der Waals surface area contributed by atoms with Crippen molar-refractivity contribution in [2.24, 2.45) is 17.5 Å². The molecule has 1 atom stereocenters. The van der Waals surface area contributed by atoms with Gasteiger partial charge in [-0.3, -0.25) is 5.01 Å². The molecule has 0 aromatic rings. The van der Waals surface area contributed by atoms with E-state index >= 15 is 0 Å². The predicted molar refractivity (Wildman–Crippen MR) is 43.7 cm³/mol. The summed E-state index contributed by atoms with van der Waals surface area (Å²) in [5.41, 5.74) is 6.49. The Morgan fingerprint density at radius 1 is 1.50 bits per heavy atom. The molecule has 10 heavy (non-hydrogen) atoms. The largest absolute Gasteiger partial charge is 0.310 e. The van der Waals surface area contributed by atoms with Gasteiger partial charge in [-0.1, -0.05) is 20.4 Å². The van der Waals surface area contributed by atoms with Crippen molar-refractivity contribution in [3.05, 3.63) is 12.3 Å². The van der Waals surface area contributed by atoms with E-state index in [1.165, 1.54) is 5.01 Å². The van der Waals surface area contributed by atoms with Crippen LogP contribution in [0.4, 0.5) is 0 Å². The van der Waals surface area contributed by atoms with Crippen LogP contribution in [0.25, 0.3) is 0 Å². The summed E-state index contributed by atoms with van der Waals surface area (Å²) < 4.78 is 0. The Morgan fingerprint density at radius 2 is 1.90 bits per heavy atom. The molecule has 0 saturated carbocycles. The summed E-state index contributed by atoms with van der Waals surface area (Å²) in [6.45, 7) is 9.56. The fourth-order valence-corrected chi connectivity index (χ4v) is 0.576. The first-order chi connectivity index (χ1) is 4.46. The summed E-state index contributed by atoms with van der Waals surface area (Å²) >= 11 is 0. The fourth-order valence-electron chi connectivity index (χ4n) is 0.576. The van der Waals surface area contributed by atoms with Gasteiger partial charge in [-0.25, -0.2) is 5.84 Å². The van der Waals surface area contributed by atoms with E-state index in [1.54, 1.807) is 0 Å². The SMILES string of the molecule is C=C(C)N(N)[C@@H](N)C(C)C. The highest BCUT2D eigenvalue weighted by Crippen LogP contribution is 2.04. The van der Waals surface area contributed by atoms with Crippen LogP contribution in [-0.4, -0.2) is 11.2 Å². The topological polar surface area (TPSA) is 55.3 Å². The molecule has 4 N–H and O–H groups in total. The number of allylic oxidation sites excluding steroid dienone is 1. The van der Waals surface area contributed by atoms with E-state index < -0.39 is 0 Å². The molecular weight excluding hydrogens is 126 g/mol. The summed E-state index contributed by atoms with van der Waals surface area (Å²) in [6.07, 6.45) is -0.127. The lowest BCUT2D eigenvalue weighted by Gasteiger charge is -2.28. The van der Waals surface area contributed by atoms with Crippen LogP contribution in [0.1, 0.15) is 20.8 Å². The predicted octanol–water partition coefficient (Wildman–Crippen LogP) is 0.636. The quantitative estimate of drug-likeness (QED) is 0.346. The smallest absolute Gasteiger partial charge is 0.0940 e. The van der Waals surface area contributed by atoms with E-state index in [0.29, 0.717) is 5.92 Å². The summed E-state index contributed by atoms with van der Waals surface area (Å²) in [5, 5.41) is 1.49. The average Bonchev–Trinajstić information content (AvgIpc) is 1.84. The first-order valence-electron chi connectivity index (χ1n) is 3.41. The summed E-state index contributed by atoms with van der Waals surface area (Å²) in [4.78, 5) is 0. The lowest BCUT2D eigenvalue weighted by atomic mass is 10.1. The Labute approximate surface area is 62.6 Å². The highest BCUT2D eigenvalue weighted by atomic mass is 15.5. The molecule has 0 aromatic carbocycles. The molecule has 0 fully saturated rings. The van der Waals surface area contributed by atoms with Gasteiger partial charge >= 0.3 is 0 Å². The molecule has 3 nitrogen and oxygen atoms in total. The van der Waals surface area contributed by atoms with Crippen molar-refractivity contribution in [2.75, 3.05) is 0 Å². The van der Waals surface area contributed by atoms with Crippen molar-refractivity contribution >= 4 is 0 Å². The first-order valence-corrected chi connectivity index (χ1v) is 3.41. The van der Waals surface area contributed by atoms with E-state index in [4.69, 9.17) is 11.6 Å². The average molecular weight is 143 g/mol. The molecular formula is C7H17N3. The van der Waals surface area contributed by atoms with Crippen molar-refractivity contribution < 1.29 is 0 Å². The summed E-state index contributed by atoms with van der Waals surface area (Å²) in [5.74, 6) is 5.92. The van der Waals surface area contributed by atoms with E-state index in [9.17, 15) is 0 Å². The highest BCUT2D eigenvalue weighted by Gasteiger charge is 2.12. The van der Waals surface area contributed by atoms with Gasteiger partial charge in [0.1, 0.15) is 0 Å². The monoisotopic (exact) mass is 143 g/mol. The summed E-state index contributed by atoms with van der Waals surface area (Å²) in [7, 11) is 0. The van der Waals surface area contributed by atoms with Crippen molar-refractivity contribution in [3.8, 4) is 0 Å². The lowest BCUT2D eigenvalue weighted by Crippen LogP contribution is -2.48. The third-order valence-corrected chi connectivity index (χ3v) is 1.45. The maximum atomic E-state index is 5.70. The van der Waals surface area contributed by atoms with Crippen LogP contribution in [-0.2, 0) is 0 Å². The molecule has 0 aliphatic rings. The minimum Gasteiger partial charge on any atom is -0.310 e. The molecule has 0 aliphatic heterocycles. The van der Waals surface area contributed by atoms with Gasteiger partial charge in [0.25, 0.3) is 0 Å². The first kappa shape index (κ1) is 9.46. The number of hydrazine groups is 1. The van der Waals surface area contributed by atoms with E-state index in [2.05, 4.69) is 6.58 Å². The molecule has 0 amide bonds. The molecule has 0 heterocycles. The van der Waals surface area contributed by atoms with Gasteiger partial charge in [0.05, 0.1) is 6.17 Å². The molecule has 0 radical (unpaired) electrons. The van der Waals surface area contributed by atoms with Crippen LogP contribution in [0.5, 0.6) is 0 Å². The second-order valence-corrected chi connectivity index (χ2v) is 2.88. The second kappa shape index (κ2) is 3.58. The van der Waals surface area contributed by atoms with Crippen molar-refractivity contribution in [1.82, 2.24) is 5.01 Å². The number of hydrogen-bond acceptors (Lipinski definition) is 3. The molecule has 0 aliphatic carbocycles. The van der Waals surface area contributed by atoms with Gasteiger partial charge in [0, 0.05) is 5.70 Å². The van der Waals surface area contributed by atoms with Crippen LogP contribution in [0, 0.1) is 5.92 Å². The minimum absolute atomic E-state index is 0.127. The number of rotatable bonds is 3. The lowest BCUT2D eigenvalue weighted by molar-refractivity contribution is 0.211. The highest BCUT2D eigenvalue weighted by molar-refractivity contribution is 4.88. The third kappa shape index (κ3) is 2.37. The fraction of sp³-hybridized carbons (Fsp3) is 0.714. The molecule has 0 rings (SSSR count). The van der Waals surface area contributed by atoms with Crippen molar-refractivity contribution in [1.29, 1.82) is 0 Å². The molecule has 3 heteroatoms. The van der Waals surface area contributed by atoms with Crippen LogP contribution < -0.4 is 11.6 Å². The molecule has 0 bridgehead atoms. The van der Waals surface area contributed by atoms with Gasteiger partial charge < -0.3 is 5.73 Å². The van der Waals surface area contributed by atoms with Crippen LogP contribution in [0.3, 0.4) is 0 Å².